The topological polar surface area (TPSA) is 103 Å². The highest BCUT2D eigenvalue weighted by Crippen LogP contribution is 2.09. The van der Waals surface area contributed by atoms with E-state index in [9.17, 15) is 0 Å². The van der Waals surface area contributed by atoms with Crippen molar-refractivity contribution in [3.05, 3.63) is 35.9 Å². The second-order valence-corrected chi connectivity index (χ2v) is 3.51. The van der Waals surface area contributed by atoms with Crippen LogP contribution in [-0.2, 0) is 0 Å². The number of rotatable bonds is 4. The van der Waals surface area contributed by atoms with Gasteiger partial charge in [0, 0.05) is 12.5 Å². The van der Waals surface area contributed by atoms with Gasteiger partial charge < -0.3 is 17.2 Å². The first-order chi connectivity index (χ1) is 7.65. The summed E-state index contributed by atoms with van der Waals surface area (Å²) < 4.78 is 0. The lowest BCUT2D eigenvalue weighted by molar-refractivity contribution is 0.778. The highest BCUT2D eigenvalue weighted by atomic mass is 15.3. The molecule has 16 heavy (non-hydrogen) atoms. The first-order valence-electron chi connectivity index (χ1n) is 5.07. The van der Waals surface area contributed by atoms with Crippen molar-refractivity contribution in [1.29, 1.82) is 0 Å². The summed E-state index contributed by atoms with van der Waals surface area (Å²) in [7, 11) is 0. The largest absolute Gasteiger partial charge is 0.369 e. The first kappa shape index (κ1) is 12.2. The third-order valence-electron chi connectivity index (χ3n) is 2.16. The molecule has 0 aliphatic carbocycles. The van der Waals surface area contributed by atoms with E-state index in [-0.39, 0.29) is 11.9 Å². The average Bonchev–Trinajstić information content (AvgIpc) is 2.30. The molecule has 1 rings (SSSR count). The van der Waals surface area contributed by atoms with Crippen molar-refractivity contribution in [3.8, 4) is 0 Å². The monoisotopic (exact) mass is 219 g/mol. The third kappa shape index (κ3) is 3.36. The molecule has 0 saturated carbocycles. The van der Waals surface area contributed by atoms with Crippen LogP contribution in [0.15, 0.2) is 40.5 Å². The molecule has 0 fully saturated rings. The molecule has 1 aromatic rings. The minimum atomic E-state index is -0.0577. The summed E-state index contributed by atoms with van der Waals surface area (Å²) in [5.41, 5.74) is 17.9. The molecule has 5 heteroatoms. The molecule has 6 N–H and O–H groups in total. The van der Waals surface area contributed by atoms with Gasteiger partial charge in [0.2, 0.25) is 5.96 Å². The molecule has 0 heterocycles. The van der Waals surface area contributed by atoms with Gasteiger partial charge in [-0.25, -0.2) is 0 Å². The molecule has 0 aromatic heterocycles. The molecule has 0 saturated heterocycles. The van der Waals surface area contributed by atoms with Crippen LogP contribution in [0.3, 0.4) is 0 Å². The predicted molar refractivity (Wildman–Crippen MR) is 67.0 cm³/mol. The van der Waals surface area contributed by atoms with Gasteiger partial charge in [-0.2, -0.15) is 5.10 Å². The highest BCUT2D eigenvalue weighted by Gasteiger charge is 2.11. The maximum Gasteiger partial charge on any atom is 0.211 e. The molecule has 0 amide bonds. The number of benzene rings is 1. The van der Waals surface area contributed by atoms with Crippen molar-refractivity contribution in [3.63, 3.8) is 0 Å². The SMILES string of the molecule is CC(CN)C(=NN=C(N)N)c1ccccc1. The standard InChI is InChI=1S/C11H17N5/c1-8(7-12)10(15-16-11(13)14)9-5-3-2-4-6-9/h2-6,8H,7,12H2,1H3,(H4,13,14,16). The van der Waals surface area contributed by atoms with Crippen LogP contribution in [-0.4, -0.2) is 18.2 Å². The zero-order chi connectivity index (χ0) is 12.0. The van der Waals surface area contributed by atoms with Crippen molar-refractivity contribution >= 4 is 11.7 Å². The molecule has 1 atom stereocenters. The Labute approximate surface area is 95.0 Å². The molecule has 0 aliphatic rings. The summed E-state index contributed by atoms with van der Waals surface area (Å²) in [5.74, 6) is 0.0446. The fourth-order valence-electron chi connectivity index (χ4n) is 1.27. The van der Waals surface area contributed by atoms with Gasteiger partial charge in [0.25, 0.3) is 0 Å². The van der Waals surface area contributed by atoms with Gasteiger partial charge in [-0.05, 0) is 5.56 Å². The van der Waals surface area contributed by atoms with Crippen molar-refractivity contribution in [2.45, 2.75) is 6.92 Å². The van der Waals surface area contributed by atoms with Crippen LogP contribution in [0, 0.1) is 5.92 Å². The Kier molecular flexibility index (Phi) is 4.47. The Morgan fingerprint density at radius 1 is 1.19 bits per heavy atom. The average molecular weight is 219 g/mol. The number of nitrogens with zero attached hydrogens (tertiary/aromatic N) is 2. The summed E-state index contributed by atoms with van der Waals surface area (Å²) in [6, 6.07) is 9.71. The molecule has 1 unspecified atom stereocenters. The van der Waals surface area contributed by atoms with E-state index in [0.717, 1.165) is 11.3 Å². The van der Waals surface area contributed by atoms with E-state index < -0.39 is 0 Å². The van der Waals surface area contributed by atoms with E-state index in [4.69, 9.17) is 17.2 Å². The lowest BCUT2D eigenvalue weighted by atomic mass is 9.99. The van der Waals surface area contributed by atoms with Crippen LogP contribution >= 0.6 is 0 Å². The highest BCUT2D eigenvalue weighted by molar-refractivity contribution is 6.02. The zero-order valence-corrected chi connectivity index (χ0v) is 9.30. The van der Waals surface area contributed by atoms with E-state index in [1.807, 2.05) is 37.3 Å². The zero-order valence-electron chi connectivity index (χ0n) is 9.30. The Morgan fingerprint density at radius 3 is 2.31 bits per heavy atom. The third-order valence-corrected chi connectivity index (χ3v) is 2.16. The van der Waals surface area contributed by atoms with Crippen LogP contribution < -0.4 is 17.2 Å². The van der Waals surface area contributed by atoms with Gasteiger partial charge in [-0.3, -0.25) is 0 Å². The molecule has 86 valence electrons. The minimum Gasteiger partial charge on any atom is -0.369 e. The summed E-state index contributed by atoms with van der Waals surface area (Å²) >= 11 is 0. The maximum absolute atomic E-state index is 5.62. The molecule has 5 nitrogen and oxygen atoms in total. The second kappa shape index (κ2) is 5.87. The molecule has 1 aromatic carbocycles. The second-order valence-electron chi connectivity index (χ2n) is 3.51. The Morgan fingerprint density at radius 2 is 1.81 bits per heavy atom. The van der Waals surface area contributed by atoms with Crippen molar-refractivity contribution < 1.29 is 0 Å². The lowest BCUT2D eigenvalue weighted by Crippen LogP contribution is -2.24. The van der Waals surface area contributed by atoms with E-state index >= 15 is 0 Å². The summed E-state index contributed by atoms with van der Waals surface area (Å²) in [6.07, 6.45) is 0. The number of guanidine groups is 1. The van der Waals surface area contributed by atoms with Gasteiger partial charge in [0.05, 0.1) is 5.71 Å². The fourth-order valence-corrected chi connectivity index (χ4v) is 1.27. The van der Waals surface area contributed by atoms with Crippen molar-refractivity contribution in [2.75, 3.05) is 6.54 Å². The summed E-state index contributed by atoms with van der Waals surface area (Å²) in [4.78, 5) is 0. The Hall–Kier alpha value is -1.88. The smallest absolute Gasteiger partial charge is 0.211 e. The van der Waals surface area contributed by atoms with Crippen LogP contribution in [0.2, 0.25) is 0 Å². The van der Waals surface area contributed by atoms with E-state index in [0.29, 0.717) is 6.54 Å². The number of hydrogen-bond donors (Lipinski definition) is 3. The fraction of sp³-hybridized carbons (Fsp3) is 0.273. The molecular formula is C11H17N5. The van der Waals surface area contributed by atoms with E-state index in [2.05, 4.69) is 10.2 Å². The molecule has 0 radical (unpaired) electrons. The number of hydrogen-bond acceptors (Lipinski definition) is 3. The van der Waals surface area contributed by atoms with Crippen LogP contribution in [0.1, 0.15) is 12.5 Å². The molecule has 0 aliphatic heterocycles. The first-order valence-corrected chi connectivity index (χ1v) is 5.07. The van der Waals surface area contributed by atoms with E-state index in [1.54, 1.807) is 0 Å². The molecule has 0 bridgehead atoms. The lowest BCUT2D eigenvalue weighted by Gasteiger charge is -2.11. The van der Waals surface area contributed by atoms with Gasteiger partial charge in [0.15, 0.2) is 0 Å². The predicted octanol–water partition coefficient (Wildman–Crippen LogP) is 0.259. The molecular weight excluding hydrogens is 202 g/mol. The van der Waals surface area contributed by atoms with Gasteiger partial charge in [0.1, 0.15) is 0 Å². The maximum atomic E-state index is 5.62. The van der Waals surface area contributed by atoms with Crippen LogP contribution in [0.5, 0.6) is 0 Å². The summed E-state index contributed by atoms with van der Waals surface area (Å²) in [5, 5.41) is 7.71. The number of nitrogens with two attached hydrogens (primary N) is 3. The van der Waals surface area contributed by atoms with Crippen molar-refractivity contribution in [1.82, 2.24) is 0 Å². The van der Waals surface area contributed by atoms with Gasteiger partial charge in [-0.1, -0.05) is 37.3 Å². The Bertz CT molecular complexity index is 379. The van der Waals surface area contributed by atoms with Crippen LogP contribution in [0.4, 0.5) is 0 Å². The quantitative estimate of drug-likeness (QED) is 0.384. The van der Waals surface area contributed by atoms with Gasteiger partial charge >= 0.3 is 0 Å². The van der Waals surface area contributed by atoms with Crippen molar-refractivity contribution in [2.24, 2.45) is 33.3 Å². The Balaban J connectivity index is 3.06. The normalized spacial score (nSPS) is 13.2. The molecule has 0 spiro atoms. The summed E-state index contributed by atoms with van der Waals surface area (Å²) in [6.45, 7) is 2.47. The minimum absolute atomic E-state index is 0.0577. The van der Waals surface area contributed by atoms with Crippen LogP contribution in [0.25, 0.3) is 0 Å². The van der Waals surface area contributed by atoms with Gasteiger partial charge in [-0.15, -0.1) is 5.10 Å². The van der Waals surface area contributed by atoms with E-state index in [1.165, 1.54) is 0 Å².